The molecule has 3 aliphatic heterocycles. The Labute approximate surface area is 207 Å². The highest BCUT2D eigenvalue weighted by molar-refractivity contribution is 5.03. The first-order valence-corrected chi connectivity index (χ1v) is 14.0. The van der Waals surface area contributed by atoms with Crippen molar-refractivity contribution in [3.05, 3.63) is 0 Å². The van der Waals surface area contributed by atoms with E-state index in [1.807, 2.05) is 0 Å². The van der Waals surface area contributed by atoms with Crippen LogP contribution < -0.4 is 16.0 Å². The molecule has 3 rings (SSSR count). The maximum Gasteiger partial charge on any atom is 0.0132 e. The van der Waals surface area contributed by atoms with Gasteiger partial charge in [0, 0.05) is 33.2 Å². The second kappa shape index (κ2) is 8.77. The van der Waals surface area contributed by atoms with Crippen LogP contribution in [0.2, 0.25) is 0 Å². The Morgan fingerprint density at radius 3 is 0.970 bits per heavy atom. The Balaban J connectivity index is 1.85. The van der Waals surface area contributed by atoms with Gasteiger partial charge in [-0.3, -0.25) is 0 Å². The number of rotatable bonds is 5. The quantitative estimate of drug-likeness (QED) is 0.410. The molecule has 3 aliphatic rings. The van der Waals surface area contributed by atoms with Gasteiger partial charge < -0.3 is 16.0 Å². The van der Waals surface area contributed by atoms with Crippen molar-refractivity contribution >= 4 is 0 Å². The first-order valence-electron chi connectivity index (χ1n) is 14.0. The van der Waals surface area contributed by atoms with E-state index in [9.17, 15) is 0 Å². The third-order valence-electron chi connectivity index (χ3n) is 8.71. The number of hydrogen-bond donors (Lipinski definition) is 3. The first-order chi connectivity index (χ1) is 14.7. The highest BCUT2D eigenvalue weighted by Gasteiger charge is 2.45. The second-order valence-electron chi connectivity index (χ2n) is 16.6. The zero-order chi connectivity index (χ0) is 25.1. The Kier molecular flexibility index (Phi) is 7.30. The fraction of sp³-hybridized carbons (Fsp3) is 1.00. The minimum absolute atomic E-state index is 0.226. The number of nitrogens with one attached hydrogen (secondary N) is 3. The van der Waals surface area contributed by atoms with Crippen LogP contribution in [0.4, 0.5) is 0 Å². The van der Waals surface area contributed by atoms with E-state index in [0.29, 0.717) is 0 Å². The molecular formula is C30H59N3. The van der Waals surface area contributed by atoms with Crippen molar-refractivity contribution in [2.24, 2.45) is 23.7 Å². The van der Waals surface area contributed by atoms with Crippen molar-refractivity contribution < 1.29 is 0 Å². The van der Waals surface area contributed by atoms with Crippen molar-refractivity contribution in [3.8, 4) is 0 Å². The third-order valence-corrected chi connectivity index (χ3v) is 8.71. The predicted molar refractivity (Wildman–Crippen MR) is 145 cm³/mol. The lowest BCUT2D eigenvalue weighted by Gasteiger charge is -2.52. The maximum absolute atomic E-state index is 3.96. The Bertz CT molecular complexity index is 597. The number of piperidine rings is 3. The molecule has 3 N–H and O–H groups in total. The molecule has 3 heterocycles. The predicted octanol–water partition coefficient (Wildman–Crippen LogP) is 7.05. The first kappa shape index (κ1) is 27.5. The van der Waals surface area contributed by atoms with Crippen LogP contribution >= 0.6 is 0 Å². The second-order valence-corrected chi connectivity index (χ2v) is 16.6. The van der Waals surface area contributed by atoms with E-state index in [2.05, 4.69) is 99.0 Å². The van der Waals surface area contributed by atoms with Crippen molar-refractivity contribution in [1.29, 1.82) is 0 Å². The van der Waals surface area contributed by atoms with Gasteiger partial charge in [-0.1, -0.05) is 0 Å². The van der Waals surface area contributed by atoms with Crippen LogP contribution in [-0.2, 0) is 0 Å². The van der Waals surface area contributed by atoms with Crippen molar-refractivity contribution in [2.45, 2.75) is 168 Å². The summed E-state index contributed by atoms with van der Waals surface area (Å²) in [6, 6.07) is 0. The fourth-order valence-corrected chi connectivity index (χ4v) is 9.47. The topological polar surface area (TPSA) is 36.1 Å². The molecule has 0 amide bonds. The third kappa shape index (κ3) is 7.94. The molecule has 3 saturated heterocycles. The SMILES string of the molecule is CC1(C)CC(CC(CC2CC(C)(C)NC(C)(C)C2)C2CC(C)(C)NC(C)(C)C2)CC(C)(C)N1. The molecule has 3 heteroatoms. The smallest absolute Gasteiger partial charge is 0.0132 e. The zero-order valence-electron chi connectivity index (χ0n) is 24.5. The molecule has 0 aliphatic carbocycles. The van der Waals surface area contributed by atoms with Crippen molar-refractivity contribution in [3.63, 3.8) is 0 Å². The average Bonchev–Trinajstić information content (AvgIpc) is 2.44. The molecule has 0 bridgehead atoms. The Morgan fingerprint density at radius 2 is 0.697 bits per heavy atom. The molecule has 3 fully saturated rings. The van der Waals surface area contributed by atoms with Gasteiger partial charge in [0.25, 0.3) is 0 Å². The highest BCUT2D eigenvalue weighted by atomic mass is 15.1. The van der Waals surface area contributed by atoms with Gasteiger partial charge in [0.15, 0.2) is 0 Å². The van der Waals surface area contributed by atoms with Crippen LogP contribution in [0.5, 0.6) is 0 Å². The largest absolute Gasteiger partial charge is 0.307 e. The fourth-order valence-electron chi connectivity index (χ4n) is 9.47. The monoisotopic (exact) mass is 461 g/mol. The maximum atomic E-state index is 3.96. The molecule has 0 radical (unpaired) electrons. The molecule has 0 aromatic rings. The minimum Gasteiger partial charge on any atom is -0.307 e. The summed E-state index contributed by atoms with van der Waals surface area (Å²) < 4.78 is 0. The van der Waals surface area contributed by atoms with E-state index < -0.39 is 0 Å². The van der Waals surface area contributed by atoms with Gasteiger partial charge in [0.05, 0.1) is 0 Å². The van der Waals surface area contributed by atoms with Gasteiger partial charge >= 0.3 is 0 Å². The molecule has 0 aromatic carbocycles. The van der Waals surface area contributed by atoms with Gasteiger partial charge in [0.1, 0.15) is 0 Å². The van der Waals surface area contributed by atoms with Crippen molar-refractivity contribution in [1.82, 2.24) is 16.0 Å². The Morgan fingerprint density at radius 1 is 0.455 bits per heavy atom. The molecule has 0 aromatic heterocycles. The summed E-state index contributed by atoms with van der Waals surface area (Å²) in [5.41, 5.74) is 1.41. The Hall–Kier alpha value is -0.120. The van der Waals surface area contributed by atoms with E-state index in [0.717, 1.165) is 23.7 Å². The lowest BCUT2D eigenvalue weighted by molar-refractivity contribution is 0.0372. The molecule has 194 valence electrons. The van der Waals surface area contributed by atoms with Gasteiger partial charge in [-0.05, 0) is 158 Å². The van der Waals surface area contributed by atoms with Gasteiger partial charge in [0.2, 0.25) is 0 Å². The summed E-state index contributed by atoms with van der Waals surface area (Å²) in [5, 5.41) is 11.8. The van der Waals surface area contributed by atoms with Crippen LogP contribution in [0, 0.1) is 23.7 Å². The zero-order valence-corrected chi connectivity index (χ0v) is 24.5. The standard InChI is InChI=1S/C30H59N3/c1-25(2)15-21(16-26(3,4)31-25)13-23(24-19-29(9,10)33-30(11,12)20-24)14-22-17-27(5,6)32-28(7,8)18-22/h21-24,31-33H,13-20H2,1-12H3. The molecule has 0 unspecified atom stereocenters. The molecule has 0 spiro atoms. The van der Waals surface area contributed by atoms with E-state index in [1.165, 1.54) is 51.4 Å². The van der Waals surface area contributed by atoms with Gasteiger partial charge in [-0.2, -0.15) is 0 Å². The molecule has 0 atom stereocenters. The van der Waals surface area contributed by atoms with E-state index in [1.54, 1.807) is 0 Å². The van der Waals surface area contributed by atoms with Crippen LogP contribution in [0.3, 0.4) is 0 Å². The summed E-state index contributed by atoms with van der Waals surface area (Å²) in [6.07, 6.45) is 10.7. The normalized spacial score (nSPS) is 31.5. The molecule has 0 saturated carbocycles. The van der Waals surface area contributed by atoms with E-state index in [-0.39, 0.29) is 33.2 Å². The summed E-state index contributed by atoms with van der Waals surface area (Å²) >= 11 is 0. The van der Waals surface area contributed by atoms with Crippen molar-refractivity contribution in [2.75, 3.05) is 0 Å². The minimum atomic E-state index is 0.226. The molecule has 3 nitrogen and oxygen atoms in total. The summed E-state index contributed by atoms with van der Waals surface area (Å²) in [6.45, 7) is 29.1. The average molecular weight is 462 g/mol. The van der Waals surface area contributed by atoms with Crippen LogP contribution in [-0.4, -0.2) is 33.2 Å². The molecular weight excluding hydrogens is 402 g/mol. The van der Waals surface area contributed by atoms with Gasteiger partial charge in [-0.15, -0.1) is 0 Å². The van der Waals surface area contributed by atoms with Crippen LogP contribution in [0.1, 0.15) is 134 Å². The molecule has 33 heavy (non-hydrogen) atoms. The summed E-state index contributed by atoms with van der Waals surface area (Å²) in [5.74, 6) is 3.30. The van der Waals surface area contributed by atoms with Gasteiger partial charge in [-0.25, -0.2) is 0 Å². The van der Waals surface area contributed by atoms with E-state index in [4.69, 9.17) is 0 Å². The van der Waals surface area contributed by atoms with Crippen LogP contribution in [0.25, 0.3) is 0 Å². The lowest BCUT2D eigenvalue weighted by atomic mass is 9.63. The number of hydrogen-bond acceptors (Lipinski definition) is 3. The van der Waals surface area contributed by atoms with Crippen LogP contribution in [0.15, 0.2) is 0 Å². The highest BCUT2D eigenvalue weighted by Crippen LogP contribution is 2.47. The van der Waals surface area contributed by atoms with E-state index >= 15 is 0 Å². The lowest BCUT2D eigenvalue weighted by Crippen LogP contribution is -2.60. The summed E-state index contributed by atoms with van der Waals surface area (Å²) in [7, 11) is 0. The summed E-state index contributed by atoms with van der Waals surface area (Å²) in [4.78, 5) is 0.